The summed E-state index contributed by atoms with van der Waals surface area (Å²) >= 11 is 0. The third-order valence-electron chi connectivity index (χ3n) is 5.28. The van der Waals surface area contributed by atoms with E-state index in [1.54, 1.807) is 22.9 Å². The van der Waals surface area contributed by atoms with Gasteiger partial charge in [0.1, 0.15) is 12.3 Å². The molecule has 0 aliphatic carbocycles. The largest absolute Gasteiger partial charge is 0.506 e. The summed E-state index contributed by atoms with van der Waals surface area (Å²) in [7, 11) is -4.14. The molecule has 1 aliphatic rings. The minimum atomic E-state index is -4.14. The molecule has 1 amide bonds. The quantitative estimate of drug-likeness (QED) is 0.328. The van der Waals surface area contributed by atoms with Crippen molar-refractivity contribution in [3.8, 4) is 5.75 Å². The first-order chi connectivity index (χ1) is 15.5. The number of nitrogens with zero attached hydrogens (tertiary/aromatic N) is 1. The molecule has 3 aromatic rings. The Morgan fingerprint density at radius 1 is 0.879 bits per heavy atom. The van der Waals surface area contributed by atoms with Crippen molar-refractivity contribution in [2.45, 2.75) is 19.3 Å². The van der Waals surface area contributed by atoms with Gasteiger partial charge in [-0.15, -0.1) is 0 Å². The Labute approximate surface area is 184 Å². The lowest BCUT2D eigenvalue weighted by Crippen LogP contribution is -2.29. The van der Waals surface area contributed by atoms with E-state index in [0.717, 1.165) is 4.31 Å². The van der Waals surface area contributed by atoms with Gasteiger partial charge in [-0.1, -0.05) is 18.2 Å². The van der Waals surface area contributed by atoms with E-state index in [0.29, 0.717) is 16.3 Å². The standard InChI is InChI=1S/C21H15F5N2O4S/c22-17-13(18(23)20(25)21(26)19(17)24)3-1-2-10-4-5-11-8-15(29)14(7-12(11)6-10)28-9-16(30)27-33(28,31)32/h4-8,29H,1-3,9H2,(H,27,30). The lowest BCUT2D eigenvalue weighted by molar-refractivity contribution is -0.117. The third-order valence-corrected chi connectivity index (χ3v) is 6.67. The normalized spacial score (nSPS) is 15.3. The Bertz CT molecular complexity index is 1380. The van der Waals surface area contributed by atoms with Crippen molar-refractivity contribution in [1.82, 2.24) is 4.72 Å². The first-order valence-electron chi connectivity index (χ1n) is 9.59. The van der Waals surface area contributed by atoms with Crippen LogP contribution >= 0.6 is 0 Å². The molecular formula is C21H15F5N2O4S. The smallest absolute Gasteiger partial charge is 0.326 e. The second kappa shape index (κ2) is 8.18. The number of amides is 1. The van der Waals surface area contributed by atoms with Gasteiger partial charge in [0.2, 0.25) is 5.82 Å². The van der Waals surface area contributed by atoms with E-state index in [1.807, 2.05) is 0 Å². The first kappa shape index (κ1) is 22.8. The topological polar surface area (TPSA) is 86.7 Å². The summed E-state index contributed by atoms with van der Waals surface area (Å²) in [6.07, 6.45) is -0.119. The summed E-state index contributed by atoms with van der Waals surface area (Å²) in [5, 5.41) is 11.3. The number of benzene rings is 3. The van der Waals surface area contributed by atoms with Gasteiger partial charge in [-0.2, -0.15) is 8.42 Å². The average molecular weight is 486 g/mol. The Morgan fingerprint density at radius 2 is 1.52 bits per heavy atom. The predicted molar refractivity (Wildman–Crippen MR) is 108 cm³/mol. The van der Waals surface area contributed by atoms with E-state index in [-0.39, 0.29) is 24.3 Å². The van der Waals surface area contributed by atoms with E-state index >= 15 is 0 Å². The lowest BCUT2D eigenvalue weighted by Gasteiger charge is -2.17. The number of carbonyl (C=O) groups is 1. The third kappa shape index (κ3) is 4.06. The number of nitrogens with one attached hydrogen (secondary N) is 1. The number of halogens is 5. The van der Waals surface area contributed by atoms with Gasteiger partial charge < -0.3 is 5.11 Å². The van der Waals surface area contributed by atoms with Crippen molar-refractivity contribution in [2.24, 2.45) is 0 Å². The van der Waals surface area contributed by atoms with Crippen LogP contribution in [0.15, 0.2) is 30.3 Å². The molecule has 0 saturated carbocycles. The maximum absolute atomic E-state index is 13.8. The minimum Gasteiger partial charge on any atom is -0.506 e. The van der Waals surface area contributed by atoms with Gasteiger partial charge in [0.25, 0.3) is 5.91 Å². The van der Waals surface area contributed by atoms with Crippen LogP contribution in [0.25, 0.3) is 10.8 Å². The molecule has 0 aromatic heterocycles. The Balaban J connectivity index is 1.58. The molecule has 1 aliphatic heterocycles. The molecule has 0 bridgehead atoms. The van der Waals surface area contributed by atoms with Crippen molar-refractivity contribution >= 4 is 32.6 Å². The fourth-order valence-corrected chi connectivity index (χ4v) is 4.83. The van der Waals surface area contributed by atoms with Crippen LogP contribution in [-0.4, -0.2) is 26.0 Å². The van der Waals surface area contributed by atoms with Crippen LogP contribution in [-0.2, 0) is 27.8 Å². The number of rotatable bonds is 5. The molecule has 12 heteroatoms. The van der Waals surface area contributed by atoms with Gasteiger partial charge >= 0.3 is 10.2 Å². The molecule has 33 heavy (non-hydrogen) atoms. The molecule has 1 saturated heterocycles. The molecule has 2 N–H and O–H groups in total. The van der Waals surface area contributed by atoms with Crippen LogP contribution in [0.3, 0.4) is 0 Å². The maximum atomic E-state index is 13.8. The molecule has 174 valence electrons. The fourth-order valence-electron chi connectivity index (χ4n) is 3.68. The number of anilines is 1. The molecule has 0 radical (unpaired) electrons. The Kier molecular flexibility index (Phi) is 5.64. The maximum Gasteiger partial charge on any atom is 0.326 e. The second-order valence-electron chi connectivity index (χ2n) is 7.46. The van der Waals surface area contributed by atoms with Gasteiger partial charge in [-0.3, -0.25) is 4.79 Å². The second-order valence-corrected chi connectivity index (χ2v) is 9.06. The van der Waals surface area contributed by atoms with E-state index in [2.05, 4.69) is 0 Å². The van der Waals surface area contributed by atoms with E-state index < -0.39 is 63.7 Å². The number of phenols is 1. The fraction of sp³-hybridized carbons (Fsp3) is 0.190. The van der Waals surface area contributed by atoms with Gasteiger partial charge in [0, 0.05) is 5.56 Å². The molecule has 3 aromatic carbocycles. The number of hydrogen-bond acceptors (Lipinski definition) is 4. The summed E-state index contributed by atoms with van der Waals surface area (Å²) in [4.78, 5) is 11.5. The highest BCUT2D eigenvalue weighted by atomic mass is 32.2. The van der Waals surface area contributed by atoms with Crippen LogP contribution in [0.2, 0.25) is 0 Å². The van der Waals surface area contributed by atoms with Crippen molar-refractivity contribution in [3.63, 3.8) is 0 Å². The van der Waals surface area contributed by atoms with Gasteiger partial charge in [0.05, 0.1) is 5.69 Å². The number of carbonyl (C=O) groups excluding carboxylic acids is 1. The van der Waals surface area contributed by atoms with Crippen molar-refractivity contribution < 1.29 is 40.3 Å². The average Bonchev–Trinajstić information content (AvgIpc) is 3.04. The summed E-state index contributed by atoms with van der Waals surface area (Å²) in [6.45, 7) is -0.497. The minimum absolute atomic E-state index is 0.0632. The summed E-state index contributed by atoms with van der Waals surface area (Å²) in [6, 6.07) is 7.60. The summed E-state index contributed by atoms with van der Waals surface area (Å²) in [5.74, 6) is -11.0. The number of aryl methyl sites for hydroxylation is 1. The lowest BCUT2D eigenvalue weighted by atomic mass is 10.00. The monoisotopic (exact) mass is 486 g/mol. The van der Waals surface area contributed by atoms with Crippen LogP contribution in [0.1, 0.15) is 17.5 Å². The number of fused-ring (bicyclic) bond motifs is 1. The molecule has 6 nitrogen and oxygen atoms in total. The highest BCUT2D eigenvalue weighted by molar-refractivity contribution is 7.92. The van der Waals surface area contributed by atoms with Crippen LogP contribution in [0.5, 0.6) is 5.75 Å². The highest BCUT2D eigenvalue weighted by Crippen LogP contribution is 2.35. The molecular weight excluding hydrogens is 471 g/mol. The zero-order chi connectivity index (χ0) is 24.1. The SMILES string of the molecule is O=C1CN(c2cc3cc(CCCc4c(F)c(F)c(F)c(F)c4F)ccc3cc2O)S(=O)(=O)N1. The molecule has 4 rings (SSSR count). The molecule has 0 atom stereocenters. The predicted octanol–water partition coefficient (Wildman–Crippen LogP) is 3.60. The number of aromatic hydroxyl groups is 1. The zero-order valence-corrected chi connectivity index (χ0v) is 17.4. The van der Waals surface area contributed by atoms with Gasteiger partial charge in [0.15, 0.2) is 23.3 Å². The van der Waals surface area contributed by atoms with Crippen molar-refractivity contribution in [3.05, 3.63) is 70.5 Å². The van der Waals surface area contributed by atoms with Crippen molar-refractivity contribution in [1.29, 1.82) is 0 Å². The van der Waals surface area contributed by atoms with E-state index in [9.17, 15) is 40.3 Å². The first-order valence-corrected chi connectivity index (χ1v) is 11.0. The Morgan fingerprint density at radius 3 is 2.12 bits per heavy atom. The number of phenolic OH excluding ortho intramolecular Hbond substituents is 1. The number of hydrogen-bond donors (Lipinski definition) is 2. The Hall–Kier alpha value is -3.41. The van der Waals surface area contributed by atoms with E-state index in [1.165, 1.54) is 12.1 Å². The molecule has 0 unspecified atom stereocenters. The van der Waals surface area contributed by atoms with Crippen LogP contribution in [0, 0.1) is 29.1 Å². The molecule has 1 heterocycles. The van der Waals surface area contributed by atoms with Crippen LogP contribution in [0.4, 0.5) is 27.6 Å². The molecule has 0 spiro atoms. The zero-order valence-electron chi connectivity index (χ0n) is 16.6. The highest BCUT2D eigenvalue weighted by Gasteiger charge is 2.35. The van der Waals surface area contributed by atoms with Gasteiger partial charge in [-0.25, -0.2) is 31.0 Å². The summed E-state index contributed by atoms with van der Waals surface area (Å²) < 4.78 is 94.2. The van der Waals surface area contributed by atoms with E-state index in [4.69, 9.17) is 0 Å². The van der Waals surface area contributed by atoms with Crippen molar-refractivity contribution in [2.75, 3.05) is 10.8 Å². The molecule has 1 fully saturated rings. The van der Waals surface area contributed by atoms with Crippen LogP contribution < -0.4 is 9.03 Å². The summed E-state index contributed by atoms with van der Waals surface area (Å²) in [5.41, 5.74) is -0.364. The van der Waals surface area contributed by atoms with Gasteiger partial charge in [-0.05, 0) is 47.7 Å².